The van der Waals surface area contributed by atoms with Crippen molar-refractivity contribution in [2.24, 2.45) is 16.7 Å². The first-order valence-electron chi connectivity index (χ1n) is 7.20. The number of rotatable bonds is 1. The molecule has 2 aliphatic carbocycles. The molecule has 0 N–H and O–H groups in total. The second-order valence-corrected chi connectivity index (χ2v) is 6.93. The van der Waals surface area contributed by atoms with Crippen molar-refractivity contribution in [1.29, 1.82) is 0 Å². The average Bonchev–Trinajstić information content (AvgIpc) is 2.66. The highest BCUT2D eigenvalue weighted by molar-refractivity contribution is 6.08. The molecular formula is C18H22O. The normalized spacial score (nSPS) is 34.2. The Morgan fingerprint density at radius 3 is 2.47 bits per heavy atom. The van der Waals surface area contributed by atoms with Gasteiger partial charge in [-0.15, -0.1) is 0 Å². The number of fused-ring (bicyclic) bond motifs is 2. The van der Waals surface area contributed by atoms with E-state index in [-0.39, 0.29) is 10.8 Å². The van der Waals surface area contributed by atoms with E-state index in [1.807, 2.05) is 12.1 Å². The smallest absolute Gasteiger partial charge is 0.165 e. The maximum Gasteiger partial charge on any atom is 0.165 e. The van der Waals surface area contributed by atoms with Crippen LogP contribution in [0.1, 0.15) is 44.7 Å². The Morgan fingerprint density at radius 1 is 1.21 bits per heavy atom. The molecule has 19 heavy (non-hydrogen) atoms. The molecule has 2 aliphatic rings. The Hall–Kier alpha value is -1.37. The summed E-state index contributed by atoms with van der Waals surface area (Å²) in [6.45, 7) is 8.80. The third-order valence-corrected chi connectivity index (χ3v) is 5.86. The zero-order valence-corrected chi connectivity index (χ0v) is 12.3. The molecule has 0 radical (unpaired) electrons. The zero-order chi connectivity index (χ0) is 13.8. The van der Waals surface area contributed by atoms with Gasteiger partial charge in [0.2, 0.25) is 0 Å². The molecule has 3 rings (SSSR count). The Balaban J connectivity index is 2.10. The van der Waals surface area contributed by atoms with Gasteiger partial charge in [-0.3, -0.25) is 4.79 Å². The quantitative estimate of drug-likeness (QED) is 0.679. The van der Waals surface area contributed by atoms with E-state index in [0.29, 0.717) is 11.7 Å². The Bertz CT molecular complexity index is 579. The molecule has 2 saturated carbocycles. The van der Waals surface area contributed by atoms with E-state index in [4.69, 9.17) is 0 Å². The van der Waals surface area contributed by atoms with Crippen LogP contribution >= 0.6 is 0 Å². The van der Waals surface area contributed by atoms with Crippen LogP contribution in [-0.2, 0) is 4.79 Å². The number of benzene rings is 1. The van der Waals surface area contributed by atoms with Crippen LogP contribution in [0.25, 0.3) is 6.08 Å². The van der Waals surface area contributed by atoms with E-state index >= 15 is 0 Å². The first-order chi connectivity index (χ1) is 8.88. The molecule has 0 aromatic heterocycles. The van der Waals surface area contributed by atoms with Gasteiger partial charge in [0, 0.05) is 5.41 Å². The first kappa shape index (κ1) is 12.7. The van der Waals surface area contributed by atoms with Gasteiger partial charge in [0.25, 0.3) is 0 Å². The van der Waals surface area contributed by atoms with E-state index in [0.717, 1.165) is 18.4 Å². The van der Waals surface area contributed by atoms with E-state index < -0.39 is 0 Å². The molecule has 0 amide bonds. The van der Waals surface area contributed by atoms with Gasteiger partial charge < -0.3 is 0 Å². The monoisotopic (exact) mass is 254 g/mol. The van der Waals surface area contributed by atoms with Crippen molar-refractivity contribution in [2.75, 3.05) is 0 Å². The van der Waals surface area contributed by atoms with Crippen LogP contribution in [0.4, 0.5) is 0 Å². The SMILES string of the molecule is Cc1ccccc1/C=C1\C(=O)C2(C)CCC1C2(C)C. The standard InChI is InChI=1S/C18H22O/c1-12-7-5-6-8-13(12)11-14-15-9-10-18(4,16(14)19)17(15,2)3/h5-8,11,15H,9-10H2,1-4H3/b14-11-. The molecule has 0 saturated heterocycles. The molecule has 100 valence electrons. The van der Waals surface area contributed by atoms with E-state index in [1.165, 1.54) is 11.1 Å². The first-order valence-corrected chi connectivity index (χ1v) is 7.20. The molecular weight excluding hydrogens is 232 g/mol. The third kappa shape index (κ3) is 1.51. The molecule has 0 aliphatic heterocycles. The van der Waals surface area contributed by atoms with Gasteiger partial charge in [-0.2, -0.15) is 0 Å². The molecule has 2 atom stereocenters. The highest BCUT2D eigenvalue weighted by atomic mass is 16.1. The van der Waals surface area contributed by atoms with Crippen LogP contribution in [0.2, 0.25) is 0 Å². The van der Waals surface area contributed by atoms with Gasteiger partial charge in [0.1, 0.15) is 0 Å². The summed E-state index contributed by atoms with van der Waals surface area (Å²) in [6.07, 6.45) is 4.36. The molecule has 1 heteroatoms. The largest absolute Gasteiger partial charge is 0.294 e. The molecule has 1 nitrogen and oxygen atoms in total. The molecule has 0 spiro atoms. The summed E-state index contributed by atoms with van der Waals surface area (Å²) >= 11 is 0. The maximum atomic E-state index is 12.8. The second kappa shape index (κ2) is 3.82. The van der Waals surface area contributed by atoms with Gasteiger partial charge >= 0.3 is 0 Å². The van der Waals surface area contributed by atoms with E-state index in [9.17, 15) is 4.79 Å². The summed E-state index contributed by atoms with van der Waals surface area (Å²) in [5.74, 6) is 0.821. The van der Waals surface area contributed by atoms with E-state index in [1.54, 1.807) is 0 Å². The van der Waals surface area contributed by atoms with Crippen LogP contribution in [0, 0.1) is 23.7 Å². The van der Waals surface area contributed by atoms with Gasteiger partial charge in [-0.25, -0.2) is 0 Å². The highest BCUT2D eigenvalue weighted by Gasteiger charge is 2.63. The predicted molar refractivity (Wildman–Crippen MR) is 78.8 cm³/mol. The van der Waals surface area contributed by atoms with Crippen molar-refractivity contribution in [1.82, 2.24) is 0 Å². The summed E-state index contributed by atoms with van der Waals surface area (Å²) in [5.41, 5.74) is 3.46. The van der Waals surface area contributed by atoms with Crippen LogP contribution in [0.15, 0.2) is 29.8 Å². The molecule has 1 aromatic rings. The topological polar surface area (TPSA) is 17.1 Å². The van der Waals surface area contributed by atoms with Crippen molar-refractivity contribution in [3.8, 4) is 0 Å². The number of hydrogen-bond acceptors (Lipinski definition) is 1. The average molecular weight is 254 g/mol. The molecule has 0 heterocycles. The van der Waals surface area contributed by atoms with Gasteiger partial charge in [0.05, 0.1) is 0 Å². The number of Topliss-reactive ketones (excluding diaryl/α,β-unsaturated/α-hetero) is 1. The number of allylic oxidation sites excluding steroid dienone is 1. The lowest BCUT2D eigenvalue weighted by Crippen LogP contribution is -2.32. The van der Waals surface area contributed by atoms with Gasteiger partial charge in [-0.1, -0.05) is 45.0 Å². The maximum absolute atomic E-state index is 12.8. The summed E-state index contributed by atoms with van der Waals surface area (Å²) in [6, 6.07) is 8.31. The minimum absolute atomic E-state index is 0.110. The fourth-order valence-corrected chi connectivity index (χ4v) is 4.01. The van der Waals surface area contributed by atoms with Crippen LogP contribution in [0.3, 0.4) is 0 Å². The van der Waals surface area contributed by atoms with Crippen LogP contribution < -0.4 is 0 Å². The Morgan fingerprint density at radius 2 is 1.89 bits per heavy atom. The number of aryl methyl sites for hydroxylation is 1. The fourth-order valence-electron chi connectivity index (χ4n) is 4.01. The summed E-state index contributed by atoms with van der Waals surface area (Å²) in [4.78, 5) is 12.8. The minimum atomic E-state index is -0.147. The number of hydrogen-bond donors (Lipinski definition) is 0. The van der Waals surface area contributed by atoms with Crippen LogP contribution in [-0.4, -0.2) is 5.78 Å². The minimum Gasteiger partial charge on any atom is -0.294 e. The number of carbonyl (C=O) groups is 1. The van der Waals surface area contributed by atoms with Crippen molar-refractivity contribution < 1.29 is 4.79 Å². The van der Waals surface area contributed by atoms with E-state index in [2.05, 4.69) is 45.9 Å². The number of carbonyl (C=O) groups excluding carboxylic acids is 1. The Kier molecular flexibility index (Phi) is 2.54. The Labute approximate surface area is 115 Å². The lowest BCUT2D eigenvalue weighted by molar-refractivity contribution is -0.125. The lowest BCUT2D eigenvalue weighted by Gasteiger charge is -2.31. The summed E-state index contributed by atoms with van der Waals surface area (Å²) in [7, 11) is 0. The van der Waals surface area contributed by atoms with Gasteiger partial charge in [-0.05, 0) is 53.9 Å². The molecule has 2 bridgehead atoms. The molecule has 2 fully saturated rings. The van der Waals surface area contributed by atoms with Crippen molar-refractivity contribution >= 4 is 11.9 Å². The second-order valence-electron chi connectivity index (χ2n) is 6.93. The van der Waals surface area contributed by atoms with Crippen molar-refractivity contribution in [3.63, 3.8) is 0 Å². The molecule has 1 aromatic carbocycles. The van der Waals surface area contributed by atoms with Crippen LogP contribution in [0.5, 0.6) is 0 Å². The predicted octanol–water partition coefficient (Wildman–Crippen LogP) is 4.40. The highest BCUT2D eigenvalue weighted by Crippen LogP contribution is 2.65. The lowest BCUT2D eigenvalue weighted by atomic mass is 9.70. The summed E-state index contributed by atoms with van der Waals surface area (Å²) in [5, 5.41) is 0. The van der Waals surface area contributed by atoms with Gasteiger partial charge in [0.15, 0.2) is 5.78 Å². The third-order valence-electron chi connectivity index (χ3n) is 5.86. The summed E-state index contributed by atoms with van der Waals surface area (Å²) < 4.78 is 0. The fraction of sp³-hybridized carbons (Fsp3) is 0.500. The van der Waals surface area contributed by atoms with Crippen molar-refractivity contribution in [2.45, 2.75) is 40.5 Å². The molecule has 2 unspecified atom stereocenters. The van der Waals surface area contributed by atoms with Crippen molar-refractivity contribution in [3.05, 3.63) is 41.0 Å². The number of ketones is 1. The zero-order valence-electron chi connectivity index (χ0n) is 12.3.